The highest BCUT2D eigenvalue weighted by molar-refractivity contribution is 6.22. The minimum absolute atomic E-state index is 0.0698. The Morgan fingerprint density at radius 1 is 1.08 bits per heavy atom. The number of hydrogen-bond acceptors (Lipinski definition) is 6. The van der Waals surface area contributed by atoms with E-state index in [1.165, 1.54) is 12.1 Å². The summed E-state index contributed by atoms with van der Waals surface area (Å²) in [6.07, 6.45) is 2.52. The van der Waals surface area contributed by atoms with Gasteiger partial charge in [0.25, 0.3) is 5.69 Å². The second-order valence-corrected chi connectivity index (χ2v) is 8.46. The van der Waals surface area contributed by atoms with E-state index in [2.05, 4.69) is 15.0 Å². The van der Waals surface area contributed by atoms with Gasteiger partial charge in [-0.3, -0.25) is 10.1 Å². The Kier molecular flexibility index (Phi) is 6.05. The number of nitrogens with zero attached hydrogens (tertiary/aromatic N) is 3. The van der Waals surface area contributed by atoms with Crippen molar-refractivity contribution in [1.82, 2.24) is 15.0 Å². The van der Waals surface area contributed by atoms with Crippen molar-refractivity contribution in [3.8, 4) is 17.1 Å². The lowest BCUT2D eigenvalue weighted by Gasteiger charge is -2.09. The van der Waals surface area contributed by atoms with Crippen molar-refractivity contribution in [3.05, 3.63) is 106 Å². The normalized spacial score (nSPS) is 11.8. The topological polar surface area (TPSA) is 146 Å². The molecule has 0 aliphatic heterocycles. The van der Waals surface area contributed by atoms with Crippen LogP contribution in [0.2, 0.25) is 0 Å². The third kappa shape index (κ3) is 4.47. The molecule has 180 valence electrons. The minimum Gasteiger partial charge on any atom is -0.494 e. The van der Waals surface area contributed by atoms with Gasteiger partial charge in [0, 0.05) is 28.6 Å². The van der Waals surface area contributed by atoms with E-state index in [1.54, 1.807) is 12.3 Å². The number of nitrogens with two attached hydrogens (primary N) is 1. The van der Waals surface area contributed by atoms with E-state index in [0.717, 1.165) is 34.6 Å². The smallest absolute Gasteiger partial charge is 0.270 e. The van der Waals surface area contributed by atoms with Gasteiger partial charge in [0.15, 0.2) is 5.88 Å². The molecule has 0 atom stereocenters. The van der Waals surface area contributed by atoms with Gasteiger partial charge < -0.3 is 20.8 Å². The summed E-state index contributed by atoms with van der Waals surface area (Å²) in [5.74, 6) is 0.719. The van der Waals surface area contributed by atoms with Crippen LogP contribution in [-0.4, -0.2) is 37.2 Å². The largest absolute Gasteiger partial charge is 0.494 e. The molecule has 2 aromatic heterocycles. The van der Waals surface area contributed by atoms with Crippen molar-refractivity contribution in [2.75, 3.05) is 6.54 Å². The van der Waals surface area contributed by atoms with Gasteiger partial charge in [-0.2, -0.15) is 0 Å². The van der Waals surface area contributed by atoms with Crippen LogP contribution in [0.1, 0.15) is 22.5 Å². The molecular formula is C27H24N6O3. The summed E-state index contributed by atoms with van der Waals surface area (Å²) in [6, 6.07) is 19.8. The lowest BCUT2D eigenvalue weighted by Crippen LogP contribution is -2.05. The first kappa shape index (κ1) is 23.0. The number of non-ortho nitro benzene ring substituents is 1. The molecule has 0 amide bonds. The highest BCUT2D eigenvalue weighted by atomic mass is 16.6. The number of hydrogen-bond donors (Lipinski definition) is 4. The van der Waals surface area contributed by atoms with Crippen LogP contribution in [0.3, 0.4) is 0 Å². The molecule has 0 aliphatic rings. The summed E-state index contributed by atoms with van der Waals surface area (Å²) in [7, 11) is 0. The number of benzene rings is 3. The van der Waals surface area contributed by atoms with Crippen molar-refractivity contribution >= 4 is 28.0 Å². The predicted octanol–water partition coefficient (Wildman–Crippen LogP) is 5.15. The molecule has 5 rings (SSSR count). The number of aromatic hydroxyl groups is 1. The van der Waals surface area contributed by atoms with Crippen molar-refractivity contribution in [2.24, 2.45) is 10.7 Å². The molecule has 0 radical (unpaired) electrons. The van der Waals surface area contributed by atoms with E-state index in [9.17, 15) is 15.2 Å². The third-order valence-corrected chi connectivity index (χ3v) is 5.99. The number of imidazole rings is 1. The van der Waals surface area contributed by atoms with Crippen LogP contribution in [0.25, 0.3) is 22.2 Å². The quantitative estimate of drug-likeness (QED) is 0.144. The van der Waals surface area contributed by atoms with E-state index in [-0.39, 0.29) is 11.6 Å². The van der Waals surface area contributed by atoms with Gasteiger partial charge in [0.2, 0.25) is 0 Å². The van der Waals surface area contributed by atoms with Crippen LogP contribution in [0.5, 0.6) is 5.88 Å². The van der Waals surface area contributed by atoms with Gasteiger partial charge in [-0.05, 0) is 49.2 Å². The molecule has 36 heavy (non-hydrogen) atoms. The number of aromatic amines is 2. The predicted molar refractivity (Wildman–Crippen MR) is 140 cm³/mol. The van der Waals surface area contributed by atoms with Gasteiger partial charge in [-0.15, -0.1) is 0 Å². The fourth-order valence-electron chi connectivity index (χ4n) is 4.19. The number of aromatic nitrogens is 3. The fourth-order valence-corrected chi connectivity index (χ4v) is 4.19. The van der Waals surface area contributed by atoms with E-state index >= 15 is 0 Å². The Bertz CT molecular complexity index is 1580. The number of H-pyrrole nitrogens is 2. The molecule has 5 N–H and O–H groups in total. The van der Waals surface area contributed by atoms with E-state index < -0.39 is 4.92 Å². The molecule has 9 nitrogen and oxygen atoms in total. The molecule has 0 spiro atoms. The van der Waals surface area contributed by atoms with Gasteiger partial charge in [0.05, 0.1) is 33.8 Å². The number of nitrogens with one attached hydrogen (secondary N) is 2. The van der Waals surface area contributed by atoms with Gasteiger partial charge in [-0.25, -0.2) is 9.98 Å². The number of aliphatic imine (C=N–C) groups is 1. The van der Waals surface area contributed by atoms with E-state index in [1.807, 2.05) is 55.5 Å². The van der Waals surface area contributed by atoms with Crippen LogP contribution < -0.4 is 5.73 Å². The summed E-state index contributed by atoms with van der Waals surface area (Å²) in [6.45, 7) is 2.43. The van der Waals surface area contributed by atoms with E-state index in [0.29, 0.717) is 34.4 Å². The lowest BCUT2D eigenvalue weighted by atomic mass is 9.98. The molecule has 3 aromatic carbocycles. The zero-order valence-electron chi connectivity index (χ0n) is 19.5. The Labute approximate surface area is 206 Å². The molecule has 0 aliphatic carbocycles. The first-order chi connectivity index (χ1) is 17.4. The minimum atomic E-state index is -0.457. The standard InChI is InChI=1S/C27H24N6O3/c1-16-29-15-24(30-16)18-6-8-20(9-7-18)31-26(19-4-2-17(3-5-19)12-13-28)25-22-14-21(33(35)36)10-11-23(22)32-27(25)34/h2-11,14-15,32,34H,12-13,28H2,1H3,(H,29,30). The summed E-state index contributed by atoms with van der Waals surface area (Å²) in [5, 5.41) is 22.8. The fraction of sp³-hybridized carbons (Fsp3) is 0.111. The van der Waals surface area contributed by atoms with Crippen LogP contribution in [0.4, 0.5) is 11.4 Å². The average molecular weight is 481 g/mol. The number of fused-ring (bicyclic) bond motifs is 1. The molecule has 0 unspecified atom stereocenters. The number of nitro groups is 1. The average Bonchev–Trinajstić information content (AvgIpc) is 3.45. The zero-order valence-corrected chi connectivity index (χ0v) is 19.5. The van der Waals surface area contributed by atoms with Crippen LogP contribution in [0.15, 0.2) is 77.9 Å². The van der Waals surface area contributed by atoms with Crippen LogP contribution >= 0.6 is 0 Å². The Balaban J connectivity index is 1.65. The van der Waals surface area contributed by atoms with Crippen molar-refractivity contribution < 1.29 is 10.0 Å². The monoisotopic (exact) mass is 480 g/mol. The SMILES string of the molecule is Cc1ncc(-c2ccc(N=C(c3ccc(CCN)cc3)c3c(O)[nH]c4ccc([N+](=O)[O-])cc34)cc2)[nH]1. The molecule has 5 aromatic rings. The van der Waals surface area contributed by atoms with E-state index in [4.69, 9.17) is 10.7 Å². The summed E-state index contributed by atoms with van der Waals surface area (Å²) >= 11 is 0. The first-order valence-electron chi connectivity index (χ1n) is 11.4. The number of aryl methyl sites for hydroxylation is 1. The van der Waals surface area contributed by atoms with Crippen molar-refractivity contribution in [3.63, 3.8) is 0 Å². The zero-order chi connectivity index (χ0) is 25.2. The summed E-state index contributed by atoms with van der Waals surface area (Å²) in [4.78, 5) is 26.2. The summed E-state index contributed by atoms with van der Waals surface area (Å²) < 4.78 is 0. The Morgan fingerprint density at radius 3 is 2.47 bits per heavy atom. The van der Waals surface area contributed by atoms with Gasteiger partial charge in [0.1, 0.15) is 5.82 Å². The number of rotatable bonds is 7. The molecule has 2 heterocycles. The van der Waals surface area contributed by atoms with Crippen LogP contribution in [-0.2, 0) is 6.42 Å². The molecule has 0 bridgehead atoms. The molecular weight excluding hydrogens is 456 g/mol. The number of nitro benzene ring substituents is 1. The molecule has 0 fully saturated rings. The maximum Gasteiger partial charge on any atom is 0.270 e. The van der Waals surface area contributed by atoms with Gasteiger partial charge in [-0.1, -0.05) is 36.4 Å². The third-order valence-electron chi connectivity index (χ3n) is 5.99. The molecule has 0 saturated carbocycles. The summed E-state index contributed by atoms with van der Waals surface area (Å²) in [5.41, 5.74) is 11.5. The highest BCUT2D eigenvalue weighted by Crippen LogP contribution is 2.34. The van der Waals surface area contributed by atoms with Crippen molar-refractivity contribution in [2.45, 2.75) is 13.3 Å². The van der Waals surface area contributed by atoms with Gasteiger partial charge >= 0.3 is 0 Å². The molecule has 0 saturated heterocycles. The Hall–Kier alpha value is -4.76. The maximum absolute atomic E-state index is 11.4. The Morgan fingerprint density at radius 2 is 1.83 bits per heavy atom. The second-order valence-electron chi connectivity index (χ2n) is 8.46. The highest BCUT2D eigenvalue weighted by Gasteiger charge is 2.21. The van der Waals surface area contributed by atoms with Crippen LogP contribution in [0, 0.1) is 17.0 Å². The molecule has 9 heteroatoms. The second kappa shape index (κ2) is 9.47. The van der Waals surface area contributed by atoms with Crippen molar-refractivity contribution in [1.29, 1.82) is 0 Å². The lowest BCUT2D eigenvalue weighted by molar-refractivity contribution is -0.384. The first-order valence-corrected chi connectivity index (χ1v) is 11.4. The maximum atomic E-state index is 11.4.